The molecule has 1 heterocycles. The van der Waals surface area contributed by atoms with Crippen molar-refractivity contribution in [1.29, 1.82) is 0 Å². The second-order valence-electron chi connectivity index (χ2n) is 8.47. The van der Waals surface area contributed by atoms with Crippen molar-refractivity contribution >= 4 is 29.1 Å². The van der Waals surface area contributed by atoms with Gasteiger partial charge in [-0.3, -0.25) is 19.3 Å². The molecule has 1 saturated heterocycles. The van der Waals surface area contributed by atoms with Crippen LogP contribution in [0.1, 0.15) is 40.8 Å². The van der Waals surface area contributed by atoms with E-state index in [1.807, 2.05) is 31.2 Å². The van der Waals surface area contributed by atoms with Crippen LogP contribution in [-0.4, -0.2) is 27.9 Å². The van der Waals surface area contributed by atoms with Gasteiger partial charge >= 0.3 is 5.97 Å². The number of halogens is 1. The first-order valence-corrected chi connectivity index (χ1v) is 11.2. The minimum absolute atomic E-state index is 0.0973. The summed E-state index contributed by atoms with van der Waals surface area (Å²) in [5.41, 5.74) is 3.05. The molecule has 0 aliphatic carbocycles. The molecule has 178 valence electrons. The lowest BCUT2D eigenvalue weighted by molar-refractivity contribution is -0.136. The Morgan fingerprint density at radius 2 is 1.57 bits per heavy atom. The van der Waals surface area contributed by atoms with Crippen LogP contribution in [0.3, 0.4) is 0 Å². The molecule has 1 fully saturated rings. The molecule has 7 heteroatoms. The fraction of sp³-hybridized carbons (Fsp3) is 0.179. The summed E-state index contributed by atoms with van der Waals surface area (Å²) < 4.78 is 13.8. The van der Waals surface area contributed by atoms with Gasteiger partial charge in [0.05, 0.1) is 18.0 Å². The molecular formula is C28H24FNO5. The van der Waals surface area contributed by atoms with E-state index >= 15 is 0 Å². The lowest BCUT2D eigenvalue weighted by atomic mass is 9.94. The highest BCUT2D eigenvalue weighted by Gasteiger charge is 2.47. The Bertz CT molecular complexity index is 1340. The number of carboxylic acid groups (broad SMARTS) is 1. The highest BCUT2D eigenvalue weighted by molar-refractivity contribution is 6.51. The molecule has 0 saturated carbocycles. The van der Waals surface area contributed by atoms with Crippen LogP contribution in [0.25, 0.3) is 5.76 Å². The number of aliphatic carboxylic acids is 1. The standard InChI is InChI=1S/C28H24FNO5/c1-3-17-4-8-19(9-5-17)25-24(26(33)20-10-13-22(29)16(2)14-20)27(34)28(35)30(25)21-11-6-18(7-12-21)15-23(31)32/h4-14,25,33H,3,15H2,1-2H3,(H,31,32)/b26-24-. The third-order valence-electron chi connectivity index (χ3n) is 6.15. The number of benzene rings is 3. The summed E-state index contributed by atoms with van der Waals surface area (Å²) in [6, 6.07) is 16.8. The third-order valence-corrected chi connectivity index (χ3v) is 6.15. The van der Waals surface area contributed by atoms with E-state index in [1.165, 1.54) is 23.1 Å². The quantitative estimate of drug-likeness (QED) is 0.300. The van der Waals surface area contributed by atoms with E-state index < -0.39 is 29.5 Å². The van der Waals surface area contributed by atoms with Crippen molar-refractivity contribution in [3.05, 3.63) is 106 Å². The van der Waals surface area contributed by atoms with E-state index in [-0.39, 0.29) is 23.3 Å². The Kier molecular flexibility index (Phi) is 6.51. The predicted octanol–water partition coefficient (Wildman–Crippen LogP) is 4.95. The van der Waals surface area contributed by atoms with Gasteiger partial charge < -0.3 is 10.2 Å². The van der Waals surface area contributed by atoms with Crippen LogP contribution in [-0.2, 0) is 27.2 Å². The van der Waals surface area contributed by atoms with E-state index in [0.717, 1.165) is 12.0 Å². The number of aliphatic hydroxyl groups excluding tert-OH is 1. The summed E-state index contributed by atoms with van der Waals surface area (Å²) in [7, 11) is 0. The lowest BCUT2D eigenvalue weighted by Gasteiger charge is -2.26. The number of hydrogen-bond donors (Lipinski definition) is 2. The van der Waals surface area contributed by atoms with Gasteiger partial charge in [0, 0.05) is 11.3 Å². The number of nitrogens with zero attached hydrogens (tertiary/aromatic N) is 1. The number of hydrogen-bond acceptors (Lipinski definition) is 4. The molecule has 0 bridgehead atoms. The average molecular weight is 474 g/mol. The molecular weight excluding hydrogens is 449 g/mol. The van der Waals surface area contributed by atoms with Crippen LogP contribution >= 0.6 is 0 Å². The number of Topliss-reactive ketones (excluding diaryl/α,β-unsaturated/α-hetero) is 1. The zero-order chi connectivity index (χ0) is 25.3. The first-order valence-electron chi connectivity index (χ1n) is 11.2. The van der Waals surface area contributed by atoms with Crippen molar-refractivity contribution in [3.63, 3.8) is 0 Å². The van der Waals surface area contributed by atoms with Crippen molar-refractivity contribution in [2.24, 2.45) is 0 Å². The molecule has 1 atom stereocenters. The molecule has 1 unspecified atom stereocenters. The van der Waals surface area contributed by atoms with Crippen LogP contribution in [0.4, 0.5) is 10.1 Å². The Balaban J connectivity index is 1.88. The van der Waals surface area contributed by atoms with Gasteiger partial charge in [-0.15, -0.1) is 0 Å². The van der Waals surface area contributed by atoms with Gasteiger partial charge in [0.25, 0.3) is 11.7 Å². The Morgan fingerprint density at radius 1 is 0.943 bits per heavy atom. The predicted molar refractivity (Wildman–Crippen MR) is 130 cm³/mol. The maximum Gasteiger partial charge on any atom is 0.307 e. The number of ketones is 1. The summed E-state index contributed by atoms with van der Waals surface area (Å²) in [5, 5.41) is 20.2. The molecule has 3 aromatic rings. The van der Waals surface area contributed by atoms with E-state index in [0.29, 0.717) is 22.4 Å². The van der Waals surface area contributed by atoms with Gasteiger partial charge in [-0.05, 0) is 65.9 Å². The Labute approximate surface area is 201 Å². The van der Waals surface area contributed by atoms with Gasteiger partial charge in [0.2, 0.25) is 0 Å². The van der Waals surface area contributed by atoms with Crippen LogP contribution in [0.5, 0.6) is 0 Å². The summed E-state index contributed by atoms with van der Waals surface area (Å²) in [6.45, 7) is 3.56. The van der Waals surface area contributed by atoms with E-state index in [2.05, 4.69) is 0 Å². The van der Waals surface area contributed by atoms with Gasteiger partial charge in [-0.25, -0.2) is 4.39 Å². The minimum Gasteiger partial charge on any atom is -0.507 e. The molecule has 6 nitrogen and oxygen atoms in total. The van der Waals surface area contributed by atoms with Crippen LogP contribution in [0.2, 0.25) is 0 Å². The summed E-state index contributed by atoms with van der Waals surface area (Å²) in [4.78, 5) is 38.8. The van der Waals surface area contributed by atoms with Gasteiger partial charge in [-0.2, -0.15) is 0 Å². The topological polar surface area (TPSA) is 94.9 Å². The lowest BCUT2D eigenvalue weighted by Crippen LogP contribution is -2.29. The Hall–Kier alpha value is -4.26. The van der Waals surface area contributed by atoms with Crippen molar-refractivity contribution in [2.45, 2.75) is 32.7 Å². The zero-order valence-corrected chi connectivity index (χ0v) is 19.3. The summed E-state index contributed by atoms with van der Waals surface area (Å²) in [6.07, 6.45) is 0.630. The molecule has 0 radical (unpaired) electrons. The van der Waals surface area contributed by atoms with Gasteiger partial charge in [0.1, 0.15) is 11.6 Å². The average Bonchev–Trinajstić information content (AvgIpc) is 3.11. The largest absolute Gasteiger partial charge is 0.507 e. The molecule has 0 spiro atoms. The first kappa shape index (κ1) is 23.9. The zero-order valence-electron chi connectivity index (χ0n) is 19.3. The number of carbonyl (C=O) groups is 3. The second kappa shape index (κ2) is 9.54. The summed E-state index contributed by atoms with van der Waals surface area (Å²) in [5.74, 6) is -3.50. The van der Waals surface area contributed by atoms with Crippen LogP contribution in [0, 0.1) is 12.7 Å². The SMILES string of the molecule is CCc1ccc(C2/C(=C(/O)c3ccc(F)c(C)c3)C(=O)C(=O)N2c2ccc(CC(=O)O)cc2)cc1. The number of aryl methyl sites for hydroxylation is 2. The first-order chi connectivity index (χ1) is 16.7. The van der Waals surface area contributed by atoms with E-state index in [9.17, 15) is 23.9 Å². The maximum absolute atomic E-state index is 13.8. The number of amides is 1. The smallest absolute Gasteiger partial charge is 0.307 e. The van der Waals surface area contributed by atoms with Crippen LogP contribution < -0.4 is 4.90 Å². The monoisotopic (exact) mass is 473 g/mol. The molecule has 35 heavy (non-hydrogen) atoms. The number of carboxylic acids is 1. The highest BCUT2D eigenvalue weighted by Crippen LogP contribution is 2.42. The molecule has 1 aliphatic heterocycles. The molecule has 0 aromatic heterocycles. The molecule has 1 aliphatic rings. The Morgan fingerprint density at radius 3 is 2.14 bits per heavy atom. The van der Waals surface area contributed by atoms with Crippen molar-refractivity contribution in [2.75, 3.05) is 4.90 Å². The number of rotatable bonds is 6. The fourth-order valence-corrected chi connectivity index (χ4v) is 4.25. The van der Waals surface area contributed by atoms with Gasteiger partial charge in [0.15, 0.2) is 0 Å². The number of anilines is 1. The molecule has 3 aromatic carbocycles. The normalized spacial score (nSPS) is 17.1. The highest BCUT2D eigenvalue weighted by atomic mass is 19.1. The van der Waals surface area contributed by atoms with Crippen molar-refractivity contribution < 1.29 is 29.0 Å². The van der Waals surface area contributed by atoms with E-state index in [4.69, 9.17) is 5.11 Å². The third kappa shape index (κ3) is 4.57. The van der Waals surface area contributed by atoms with E-state index in [1.54, 1.807) is 31.2 Å². The molecule has 2 N–H and O–H groups in total. The van der Waals surface area contributed by atoms with Crippen molar-refractivity contribution in [3.8, 4) is 0 Å². The number of aliphatic hydroxyl groups is 1. The molecule has 1 amide bonds. The second-order valence-corrected chi connectivity index (χ2v) is 8.47. The number of carbonyl (C=O) groups excluding carboxylic acids is 2. The minimum atomic E-state index is -0.983. The van der Waals surface area contributed by atoms with Crippen molar-refractivity contribution in [1.82, 2.24) is 0 Å². The summed E-state index contributed by atoms with van der Waals surface area (Å²) >= 11 is 0. The maximum atomic E-state index is 13.8. The van der Waals surface area contributed by atoms with Gasteiger partial charge in [-0.1, -0.05) is 43.3 Å². The fourth-order valence-electron chi connectivity index (χ4n) is 4.25. The molecule has 4 rings (SSSR count). The van der Waals surface area contributed by atoms with Crippen LogP contribution in [0.15, 0.2) is 72.3 Å².